The molecule has 0 aromatic heterocycles. The highest BCUT2D eigenvalue weighted by atomic mass is 35.5. The third kappa shape index (κ3) is 5.72. The molecule has 31 heavy (non-hydrogen) atoms. The summed E-state index contributed by atoms with van der Waals surface area (Å²) in [5.41, 5.74) is -2.41. The summed E-state index contributed by atoms with van der Waals surface area (Å²) >= 11 is 5.77. The summed E-state index contributed by atoms with van der Waals surface area (Å²) in [7, 11) is 0. The molecule has 2 aromatic carbocycles. The van der Waals surface area contributed by atoms with E-state index in [1.54, 1.807) is 13.8 Å². The molecule has 2 rings (SSSR count). The fourth-order valence-electron chi connectivity index (χ4n) is 2.35. The Bertz CT molecular complexity index is 1020. The van der Waals surface area contributed by atoms with Gasteiger partial charge in [-0.1, -0.05) is 38.4 Å². The normalized spacial score (nSPS) is 12.4. The number of hydrogen-bond donors (Lipinski definition) is 0. The Morgan fingerprint density at radius 2 is 1.77 bits per heavy atom. The number of hydrogen-bond acceptors (Lipinski definition) is 6. The predicted molar refractivity (Wildman–Crippen MR) is 104 cm³/mol. The van der Waals surface area contributed by atoms with Gasteiger partial charge in [-0.3, -0.25) is 14.9 Å². The van der Waals surface area contributed by atoms with Crippen molar-refractivity contribution >= 4 is 29.2 Å². The van der Waals surface area contributed by atoms with Crippen LogP contribution in [0.15, 0.2) is 36.4 Å². The fraction of sp³-hybridized carbons (Fsp3) is 0.300. The first kappa shape index (κ1) is 24.1. The van der Waals surface area contributed by atoms with Crippen LogP contribution in [0.1, 0.15) is 36.7 Å². The van der Waals surface area contributed by atoms with Crippen LogP contribution in [0.4, 0.5) is 18.9 Å². The van der Waals surface area contributed by atoms with E-state index in [0.717, 1.165) is 36.4 Å². The van der Waals surface area contributed by atoms with E-state index in [9.17, 15) is 32.9 Å². The van der Waals surface area contributed by atoms with Crippen LogP contribution in [-0.2, 0) is 15.7 Å². The highest BCUT2D eigenvalue weighted by Crippen LogP contribution is 2.41. The van der Waals surface area contributed by atoms with Gasteiger partial charge in [0.15, 0.2) is 0 Å². The molecule has 166 valence electrons. The van der Waals surface area contributed by atoms with Crippen molar-refractivity contribution in [3.05, 3.63) is 62.7 Å². The van der Waals surface area contributed by atoms with Gasteiger partial charge in [-0.25, -0.2) is 4.79 Å². The topological polar surface area (TPSA) is 95.7 Å². The van der Waals surface area contributed by atoms with Gasteiger partial charge in [-0.15, -0.1) is 0 Å². The number of benzene rings is 2. The predicted octanol–water partition coefficient (Wildman–Crippen LogP) is 6.03. The lowest BCUT2D eigenvalue weighted by atomic mass is 9.98. The molecule has 0 heterocycles. The van der Waals surface area contributed by atoms with E-state index in [2.05, 4.69) is 0 Å². The zero-order valence-electron chi connectivity index (χ0n) is 16.5. The van der Waals surface area contributed by atoms with E-state index in [1.807, 2.05) is 0 Å². The number of rotatable bonds is 6. The van der Waals surface area contributed by atoms with Gasteiger partial charge in [0.25, 0.3) is 5.69 Å². The second-order valence-electron chi connectivity index (χ2n) is 6.89. The van der Waals surface area contributed by atoms with Gasteiger partial charge < -0.3 is 9.47 Å². The van der Waals surface area contributed by atoms with Gasteiger partial charge in [-0.2, -0.15) is 13.2 Å². The summed E-state index contributed by atoms with van der Waals surface area (Å²) in [6.07, 6.45) is -4.73. The quantitative estimate of drug-likeness (QED) is 0.226. The number of ether oxygens (including phenoxy) is 2. The van der Waals surface area contributed by atoms with Crippen molar-refractivity contribution in [2.45, 2.75) is 26.9 Å². The molecule has 2 aromatic rings. The molecule has 0 spiro atoms. The third-order valence-corrected chi connectivity index (χ3v) is 4.84. The van der Waals surface area contributed by atoms with Crippen LogP contribution in [0.3, 0.4) is 0 Å². The van der Waals surface area contributed by atoms with Gasteiger partial charge in [0.2, 0.25) is 0 Å². The number of nitrogens with zero attached hydrogens (tertiary/aromatic N) is 1. The molecule has 0 aliphatic heterocycles. The maximum absolute atomic E-state index is 13.0. The SMILES string of the molecule is CC(C)C(C)C(=O)OC(=O)c1cc(Oc2cccc(C(F)(F)F)c2Cl)ccc1[N+](=O)[O-]. The number of carbonyl (C=O) groups excluding carboxylic acids is 2. The highest BCUT2D eigenvalue weighted by Gasteiger charge is 2.34. The van der Waals surface area contributed by atoms with Crippen molar-refractivity contribution in [2.75, 3.05) is 0 Å². The molecule has 0 saturated heterocycles. The number of nitro benzene ring substituents is 1. The molecule has 0 amide bonds. The summed E-state index contributed by atoms with van der Waals surface area (Å²) in [6, 6.07) is 5.86. The lowest BCUT2D eigenvalue weighted by Gasteiger charge is -2.14. The number of carbonyl (C=O) groups is 2. The van der Waals surface area contributed by atoms with Crippen molar-refractivity contribution < 1.29 is 37.2 Å². The Hall–Kier alpha value is -3.14. The van der Waals surface area contributed by atoms with Gasteiger partial charge in [-0.05, 0) is 24.1 Å². The van der Waals surface area contributed by atoms with Gasteiger partial charge in [0.05, 0.1) is 21.4 Å². The molecular weight excluding hydrogens is 443 g/mol. The van der Waals surface area contributed by atoms with Crippen LogP contribution in [0.25, 0.3) is 0 Å². The zero-order chi connectivity index (χ0) is 23.5. The minimum atomic E-state index is -4.73. The average molecular weight is 460 g/mol. The van der Waals surface area contributed by atoms with Crippen LogP contribution in [0, 0.1) is 22.0 Å². The molecule has 0 saturated carbocycles. The van der Waals surface area contributed by atoms with Crippen molar-refractivity contribution in [1.82, 2.24) is 0 Å². The van der Waals surface area contributed by atoms with E-state index in [-0.39, 0.29) is 17.4 Å². The standard InChI is InChI=1S/C20H17ClF3NO6/c1-10(2)11(3)18(26)31-19(27)13-9-12(7-8-15(13)25(28)29)30-16-6-4-5-14(17(16)21)20(22,23)24/h4-11H,1-3H3. The van der Waals surface area contributed by atoms with Crippen LogP contribution < -0.4 is 4.74 Å². The molecular formula is C20H17ClF3NO6. The van der Waals surface area contributed by atoms with E-state index in [0.29, 0.717) is 0 Å². The monoisotopic (exact) mass is 459 g/mol. The van der Waals surface area contributed by atoms with Gasteiger partial charge in [0.1, 0.15) is 17.1 Å². The van der Waals surface area contributed by atoms with Crippen molar-refractivity contribution in [3.63, 3.8) is 0 Å². The second-order valence-corrected chi connectivity index (χ2v) is 7.27. The second kappa shape index (κ2) is 9.34. The van der Waals surface area contributed by atoms with Gasteiger partial charge in [0, 0.05) is 12.1 Å². The average Bonchev–Trinajstić information content (AvgIpc) is 2.67. The van der Waals surface area contributed by atoms with E-state index >= 15 is 0 Å². The summed E-state index contributed by atoms with van der Waals surface area (Å²) < 4.78 is 49.1. The summed E-state index contributed by atoms with van der Waals surface area (Å²) in [5, 5.41) is 10.5. The minimum Gasteiger partial charge on any atom is -0.456 e. The lowest BCUT2D eigenvalue weighted by Crippen LogP contribution is -2.23. The van der Waals surface area contributed by atoms with E-state index in [1.165, 1.54) is 6.92 Å². The summed E-state index contributed by atoms with van der Waals surface area (Å²) in [5.74, 6) is -3.55. The first-order valence-electron chi connectivity index (χ1n) is 8.91. The molecule has 11 heteroatoms. The number of nitro groups is 1. The van der Waals surface area contributed by atoms with Crippen LogP contribution >= 0.6 is 11.6 Å². The van der Waals surface area contributed by atoms with Crippen LogP contribution in [-0.4, -0.2) is 16.9 Å². The molecule has 1 atom stereocenters. The minimum absolute atomic E-state index is 0.145. The Labute approximate surface area is 179 Å². The molecule has 0 aliphatic carbocycles. The van der Waals surface area contributed by atoms with Crippen molar-refractivity contribution in [1.29, 1.82) is 0 Å². The Morgan fingerprint density at radius 3 is 2.32 bits per heavy atom. The molecule has 0 radical (unpaired) electrons. The Kier molecular flexibility index (Phi) is 7.27. The summed E-state index contributed by atoms with van der Waals surface area (Å²) in [4.78, 5) is 34.8. The molecule has 0 fully saturated rings. The van der Waals surface area contributed by atoms with Crippen LogP contribution in [0.2, 0.25) is 5.02 Å². The largest absolute Gasteiger partial charge is 0.456 e. The third-order valence-electron chi connectivity index (χ3n) is 4.45. The van der Waals surface area contributed by atoms with Crippen molar-refractivity contribution in [2.24, 2.45) is 11.8 Å². The highest BCUT2D eigenvalue weighted by molar-refractivity contribution is 6.33. The zero-order valence-corrected chi connectivity index (χ0v) is 17.3. The van der Waals surface area contributed by atoms with Crippen LogP contribution in [0.5, 0.6) is 11.5 Å². The number of alkyl halides is 3. The molecule has 1 unspecified atom stereocenters. The number of esters is 2. The first-order chi connectivity index (χ1) is 14.3. The van der Waals surface area contributed by atoms with E-state index < -0.39 is 50.8 Å². The van der Waals surface area contributed by atoms with E-state index in [4.69, 9.17) is 21.1 Å². The van der Waals surface area contributed by atoms with Crippen molar-refractivity contribution in [3.8, 4) is 11.5 Å². The van der Waals surface area contributed by atoms with Gasteiger partial charge >= 0.3 is 18.1 Å². The molecule has 0 bridgehead atoms. The molecule has 0 aliphatic rings. The number of halogens is 4. The Morgan fingerprint density at radius 1 is 1.13 bits per heavy atom. The fourth-order valence-corrected chi connectivity index (χ4v) is 2.62. The summed E-state index contributed by atoms with van der Waals surface area (Å²) in [6.45, 7) is 4.99. The molecule has 7 nitrogen and oxygen atoms in total. The maximum atomic E-state index is 13.0. The Balaban J connectivity index is 2.40. The first-order valence-corrected chi connectivity index (χ1v) is 9.28. The smallest absolute Gasteiger partial charge is 0.417 e. The lowest BCUT2D eigenvalue weighted by molar-refractivity contribution is -0.385. The molecule has 0 N–H and O–H groups in total. The maximum Gasteiger partial charge on any atom is 0.417 e.